The Morgan fingerprint density at radius 1 is 1.33 bits per heavy atom. The van der Waals surface area contributed by atoms with E-state index in [-0.39, 0.29) is 5.91 Å². The molecule has 0 bridgehead atoms. The molecule has 0 aliphatic heterocycles. The first-order chi connectivity index (χ1) is 8.56. The number of amides is 1. The molecule has 92 valence electrons. The molecule has 1 amide bonds. The molecule has 0 unspecified atom stereocenters. The van der Waals surface area contributed by atoms with E-state index in [1.54, 1.807) is 12.1 Å². The SMILES string of the molecule is Nc1ccc(NC(=O)c2ccc(F)cc2Br)nc1. The van der Waals surface area contributed by atoms with E-state index in [4.69, 9.17) is 5.73 Å². The number of pyridine rings is 1. The zero-order chi connectivity index (χ0) is 13.1. The van der Waals surface area contributed by atoms with Crippen LogP contribution in [-0.2, 0) is 0 Å². The van der Waals surface area contributed by atoms with Crippen LogP contribution >= 0.6 is 15.9 Å². The highest BCUT2D eigenvalue weighted by Gasteiger charge is 2.11. The molecule has 1 aromatic carbocycles. The third-order valence-electron chi connectivity index (χ3n) is 2.20. The predicted octanol–water partition coefficient (Wildman–Crippen LogP) is 2.82. The van der Waals surface area contributed by atoms with Gasteiger partial charge in [0, 0.05) is 4.47 Å². The fourth-order valence-electron chi connectivity index (χ4n) is 1.34. The van der Waals surface area contributed by atoms with Crippen LogP contribution in [0.3, 0.4) is 0 Å². The summed E-state index contributed by atoms with van der Waals surface area (Å²) < 4.78 is 13.3. The normalized spacial score (nSPS) is 10.1. The first kappa shape index (κ1) is 12.5. The fourth-order valence-corrected chi connectivity index (χ4v) is 1.87. The van der Waals surface area contributed by atoms with E-state index in [0.717, 1.165) is 0 Å². The minimum absolute atomic E-state index is 0.329. The highest BCUT2D eigenvalue weighted by molar-refractivity contribution is 9.10. The molecule has 18 heavy (non-hydrogen) atoms. The smallest absolute Gasteiger partial charge is 0.257 e. The van der Waals surface area contributed by atoms with Crippen molar-refractivity contribution in [2.45, 2.75) is 0 Å². The molecule has 0 aliphatic carbocycles. The molecule has 2 aromatic rings. The molecular formula is C12H9BrFN3O. The number of hydrogen-bond acceptors (Lipinski definition) is 3. The van der Waals surface area contributed by atoms with Gasteiger partial charge in [-0.15, -0.1) is 0 Å². The maximum absolute atomic E-state index is 12.9. The van der Waals surface area contributed by atoms with Crippen molar-refractivity contribution in [2.24, 2.45) is 0 Å². The Hall–Kier alpha value is -1.95. The van der Waals surface area contributed by atoms with Gasteiger partial charge >= 0.3 is 0 Å². The summed E-state index contributed by atoms with van der Waals surface area (Å²) in [5, 5.41) is 2.59. The maximum Gasteiger partial charge on any atom is 0.257 e. The van der Waals surface area contributed by atoms with Crippen molar-refractivity contribution >= 4 is 33.3 Å². The number of hydrogen-bond donors (Lipinski definition) is 2. The third kappa shape index (κ3) is 2.84. The lowest BCUT2D eigenvalue weighted by molar-refractivity contribution is 0.102. The lowest BCUT2D eigenvalue weighted by atomic mass is 10.2. The van der Waals surface area contributed by atoms with E-state index in [2.05, 4.69) is 26.2 Å². The van der Waals surface area contributed by atoms with Gasteiger partial charge in [-0.25, -0.2) is 9.37 Å². The van der Waals surface area contributed by atoms with Crippen LogP contribution in [0.1, 0.15) is 10.4 Å². The molecule has 0 saturated heterocycles. The van der Waals surface area contributed by atoms with Gasteiger partial charge in [-0.05, 0) is 46.3 Å². The zero-order valence-electron chi connectivity index (χ0n) is 9.15. The number of nitrogens with two attached hydrogens (primary N) is 1. The number of halogens is 2. The highest BCUT2D eigenvalue weighted by atomic mass is 79.9. The minimum Gasteiger partial charge on any atom is -0.397 e. The molecule has 0 aliphatic rings. The summed E-state index contributed by atoms with van der Waals surface area (Å²) in [4.78, 5) is 15.8. The second-order valence-corrected chi connectivity index (χ2v) is 4.41. The van der Waals surface area contributed by atoms with Gasteiger partial charge in [0.05, 0.1) is 17.4 Å². The summed E-state index contributed by atoms with van der Waals surface area (Å²) in [6.45, 7) is 0. The molecule has 0 spiro atoms. The van der Waals surface area contributed by atoms with Crippen LogP contribution < -0.4 is 11.1 Å². The van der Waals surface area contributed by atoms with Gasteiger partial charge in [-0.1, -0.05) is 0 Å². The van der Waals surface area contributed by atoms with Crippen LogP contribution in [0, 0.1) is 5.82 Å². The monoisotopic (exact) mass is 309 g/mol. The molecule has 0 atom stereocenters. The van der Waals surface area contributed by atoms with Gasteiger partial charge in [0.2, 0.25) is 0 Å². The minimum atomic E-state index is -0.413. The number of benzene rings is 1. The van der Waals surface area contributed by atoms with Crippen molar-refractivity contribution < 1.29 is 9.18 Å². The first-order valence-electron chi connectivity index (χ1n) is 5.04. The Labute approximate surface area is 111 Å². The topological polar surface area (TPSA) is 68.0 Å². The lowest BCUT2D eigenvalue weighted by Crippen LogP contribution is -2.13. The number of nitrogens with zero attached hydrogens (tertiary/aromatic N) is 1. The quantitative estimate of drug-likeness (QED) is 0.896. The zero-order valence-corrected chi connectivity index (χ0v) is 10.7. The van der Waals surface area contributed by atoms with Gasteiger partial charge in [0.15, 0.2) is 0 Å². The first-order valence-corrected chi connectivity index (χ1v) is 5.83. The van der Waals surface area contributed by atoms with Crippen LogP contribution in [-0.4, -0.2) is 10.9 Å². The number of rotatable bonds is 2. The second kappa shape index (κ2) is 5.14. The third-order valence-corrected chi connectivity index (χ3v) is 2.86. The van der Waals surface area contributed by atoms with Crippen LogP contribution in [0.15, 0.2) is 41.0 Å². The average molecular weight is 310 g/mol. The summed E-state index contributed by atoms with van der Waals surface area (Å²) in [5.74, 6) is -0.409. The number of aromatic nitrogens is 1. The van der Waals surface area contributed by atoms with Crippen molar-refractivity contribution in [3.63, 3.8) is 0 Å². The molecule has 0 saturated carbocycles. The summed E-state index contributed by atoms with van der Waals surface area (Å²) in [6, 6.07) is 7.06. The predicted molar refractivity (Wildman–Crippen MR) is 70.7 cm³/mol. The van der Waals surface area contributed by atoms with Gasteiger partial charge in [0.25, 0.3) is 5.91 Å². The van der Waals surface area contributed by atoms with Crippen molar-refractivity contribution in [3.05, 3.63) is 52.4 Å². The van der Waals surface area contributed by atoms with E-state index in [0.29, 0.717) is 21.5 Å². The summed E-state index contributed by atoms with van der Waals surface area (Å²) in [7, 11) is 0. The molecule has 6 heteroatoms. The molecule has 1 heterocycles. The van der Waals surface area contributed by atoms with E-state index < -0.39 is 5.82 Å². The Morgan fingerprint density at radius 3 is 2.72 bits per heavy atom. The van der Waals surface area contributed by atoms with E-state index in [1.165, 1.54) is 24.4 Å². The summed E-state index contributed by atoms with van der Waals surface area (Å²) >= 11 is 3.13. The second-order valence-electron chi connectivity index (χ2n) is 3.56. The Morgan fingerprint density at radius 2 is 2.11 bits per heavy atom. The Kier molecular flexibility index (Phi) is 3.57. The molecule has 3 N–H and O–H groups in total. The average Bonchev–Trinajstić information content (AvgIpc) is 2.32. The van der Waals surface area contributed by atoms with Crippen molar-refractivity contribution in [1.29, 1.82) is 0 Å². The Bertz CT molecular complexity index is 586. The van der Waals surface area contributed by atoms with Crippen LogP contribution in [0.4, 0.5) is 15.9 Å². The number of carbonyl (C=O) groups excluding carboxylic acids is 1. The molecular weight excluding hydrogens is 301 g/mol. The van der Waals surface area contributed by atoms with Crippen LogP contribution in [0.25, 0.3) is 0 Å². The van der Waals surface area contributed by atoms with Gasteiger partial charge < -0.3 is 11.1 Å². The fraction of sp³-hybridized carbons (Fsp3) is 0. The van der Waals surface area contributed by atoms with Crippen molar-refractivity contribution in [3.8, 4) is 0 Å². The molecule has 0 radical (unpaired) electrons. The van der Waals surface area contributed by atoms with Gasteiger partial charge in [0.1, 0.15) is 11.6 Å². The Balaban J connectivity index is 2.19. The largest absolute Gasteiger partial charge is 0.397 e. The van der Waals surface area contributed by atoms with Gasteiger partial charge in [-0.2, -0.15) is 0 Å². The summed E-state index contributed by atoms with van der Waals surface area (Å²) in [6.07, 6.45) is 1.44. The van der Waals surface area contributed by atoms with Crippen molar-refractivity contribution in [2.75, 3.05) is 11.1 Å². The van der Waals surface area contributed by atoms with Crippen LogP contribution in [0.2, 0.25) is 0 Å². The number of nitrogens with one attached hydrogen (secondary N) is 1. The van der Waals surface area contributed by atoms with Gasteiger partial charge in [-0.3, -0.25) is 4.79 Å². The maximum atomic E-state index is 12.9. The number of carbonyl (C=O) groups is 1. The van der Waals surface area contributed by atoms with E-state index in [1.807, 2.05) is 0 Å². The van der Waals surface area contributed by atoms with Crippen molar-refractivity contribution in [1.82, 2.24) is 4.98 Å². The van der Waals surface area contributed by atoms with E-state index >= 15 is 0 Å². The standard InChI is InChI=1S/C12H9BrFN3O/c13-10-5-7(14)1-3-9(10)12(18)17-11-4-2-8(15)6-16-11/h1-6H,15H2,(H,16,17,18). The van der Waals surface area contributed by atoms with Crippen LogP contribution in [0.5, 0.6) is 0 Å². The number of anilines is 2. The highest BCUT2D eigenvalue weighted by Crippen LogP contribution is 2.19. The summed E-state index contributed by atoms with van der Waals surface area (Å²) in [5.41, 5.74) is 6.32. The molecule has 4 nitrogen and oxygen atoms in total. The molecule has 0 fully saturated rings. The molecule has 2 rings (SSSR count). The molecule has 1 aromatic heterocycles. The lowest BCUT2D eigenvalue weighted by Gasteiger charge is -2.06. The number of nitrogen functional groups attached to an aromatic ring is 1. The van der Waals surface area contributed by atoms with E-state index in [9.17, 15) is 9.18 Å².